The van der Waals surface area contributed by atoms with Gasteiger partial charge in [-0.3, -0.25) is 4.99 Å². The average Bonchev–Trinajstić information content (AvgIpc) is 2.64. The molecule has 2 rings (SSSR count). The number of aliphatic imine (C=N–C) groups is 1. The Kier molecular flexibility index (Phi) is 3.69. The summed E-state index contributed by atoms with van der Waals surface area (Å²) in [6.45, 7) is 7.41. The molecular formula is C15H23N3O. The third-order valence-electron chi connectivity index (χ3n) is 3.51. The molecule has 4 heteroatoms. The van der Waals surface area contributed by atoms with Crippen LogP contribution in [-0.2, 0) is 0 Å². The van der Waals surface area contributed by atoms with Crippen LogP contribution < -0.4 is 15.4 Å². The molecule has 0 radical (unpaired) electrons. The van der Waals surface area contributed by atoms with Crippen molar-refractivity contribution < 1.29 is 4.74 Å². The molecule has 1 unspecified atom stereocenters. The third-order valence-corrected chi connectivity index (χ3v) is 3.51. The number of hydrogen-bond acceptors (Lipinski definition) is 4. The molecule has 1 aromatic carbocycles. The molecule has 2 N–H and O–H groups in total. The van der Waals surface area contributed by atoms with Crippen LogP contribution in [0.3, 0.4) is 0 Å². The summed E-state index contributed by atoms with van der Waals surface area (Å²) in [4.78, 5) is 6.57. The number of hydrogen-bond donors (Lipinski definition) is 1. The Bertz CT molecular complexity index is 484. The Morgan fingerprint density at radius 2 is 2.21 bits per heavy atom. The molecule has 1 heterocycles. The zero-order chi connectivity index (χ0) is 14.0. The summed E-state index contributed by atoms with van der Waals surface area (Å²) in [5.41, 5.74) is 7.08. The van der Waals surface area contributed by atoms with Gasteiger partial charge in [-0.25, -0.2) is 0 Å². The zero-order valence-corrected chi connectivity index (χ0v) is 12.2. The minimum Gasteiger partial charge on any atom is -0.497 e. The molecule has 1 aromatic rings. The van der Waals surface area contributed by atoms with Crippen molar-refractivity contribution in [1.29, 1.82) is 0 Å². The normalized spacial score (nSPS) is 22.8. The summed E-state index contributed by atoms with van der Waals surface area (Å²) >= 11 is 0. The van der Waals surface area contributed by atoms with Gasteiger partial charge in [0.2, 0.25) is 0 Å². The van der Waals surface area contributed by atoms with Crippen LogP contribution in [-0.4, -0.2) is 25.2 Å². The van der Waals surface area contributed by atoms with Crippen molar-refractivity contribution in [2.24, 2.45) is 16.6 Å². The molecule has 0 spiro atoms. The lowest BCUT2D eigenvalue weighted by Gasteiger charge is -2.37. The Morgan fingerprint density at radius 3 is 2.84 bits per heavy atom. The standard InChI is InChI=1S/C15H23N3O/c1-11(2)9-15(3)10-17-14(16)18(15)12-6-5-7-13(8-12)19-4/h5-8,11H,9-10H2,1-4H3,(H2,16,17). The first kappa shape index (κ1) is 13.7. The number of methoxy groups -OCH3 is 1. The molecule has 0 amide bonds. The molecular weight excluding hydrogens is 238 g/mol. The molecule has 0 saturated heterocycles. The Labute approximate surface area is 115 Å². The minimum absolute atomic E-state index is 0.0510. The maximum Gasteiger partial charge on any atom is 0.196 e. The number of benzene rings is 1. The van der Waals surface area contributed by atoms with Gasteiger partial charge >= 0.3 is 0 Å². The predicted molar refractivity (Wildman–Crippen MR) is 79.8 cm³/mol. The molecule has 1 atom stereocenters. The van der Waals surface area contributed by atoms with Gasteiger partial charge in [-0.2, -0.15) is 0 Å². The largest absolute Gasteiger partial charge is 0.497 e. The molecule has 0 aromatic heterocycles. The highest BCUT2D eigenvalue weighted by molar-refractivity contribution is 5.98. The van der Waals surface area contributed by atoms with E-state index in [1.807, 2.05) is 18.2 Å². The summed E-state index contributed by atoms with van der Waals surface area (Å²) in [6.07, 6.45) is 1.05. The number of anilines is 1. The van der Waals surface area contributed by atoms with Crippen molar-refractivity contribution in [3.05, 3.63) is 24.3 Å². The van der Waals surface area contributed by atoms with E-state index >= 15 is 0 Å². The first-order valence-electron chi connectivity index (χ1n) is 6.70. The zero-order valence-electron chi connectivity index (χ0n) is 12.2. The molecule has 0 saturated carbocycles. The van der Waals surface area contributed by atoms with Crippen LogP contribution in [0.15, 0.2) is 29.3 Å². The number of guanidine groups is 1. The summed E-state index contributed by atoms with van der Waals surface area (Å²) in [6, 6.07) is 7.98. The van der Waals surface area contributed by atoms with E-state index in [1.54, 1.807) is 7.11 Å². The Hall–Kier alpha value is -1.71. The topological polar surface area (TPSA) is 50.9 Å². The van der Waals surface area contributed by atoms with Crippen molar-refractivity contribution in [3.63, 3.8) is 0 Å². The lowest BCUT2D eigenvalue weighted by molar-refractivity contribution is 0.391. The maximum absolute atomic E-state index is 6.09. The van der Waals surface area contributed by atoms with Gasteiger partial charge in [0.15, 0.2) is 5.96 Å². The van der Waals surface area contributed by atoms with E-state index in [9.17, 15) is 0 Å². The predicted octanol–water partition coefficient (Wildman–Crippen LogP) is 2.63. The van der Waals surface area contributed by atoms with E-state index in [-0.39, 0.29) is 5.54 Å². The first-order chi connectivity index (χ1) is 8.96. The van der Waals surface area contributed by atoms with Crippen molar-refractivity contribution in [2.75, 3.05) is 18.6 Å². The van der Waals surface area contributed by atoms with Crippen molar-refractivity contribution >= 4 is 11.6 Å². The molecule has 0 bridgehead atoms. The fraction of sp³-hybridized carbons (Fsp3) is 0.533. The van der Waals surface area contributed by atoms with Crippen LogP contribution in [0.25, 0.3) is 0 Å². The summed E-state index contributed by atoms with van der Waals surface area (Å²) in [7, 11) is 1.67. The van der Waals surface area contributed by atoms with E-state index in [4.69, 9.17) is 10.5 Å². The van der Waals surface area contributed by atoms with Crippen molar-refractivity contribution in [1.82, 2.24) is 0 Å². The fourth-order valence-electron chi connectivity index (χ4n) is 2.90. The second-order valence-electron chi connectivity index (χ2n) is 5.81. The molecule has 1 aliphatic heterocycles. The van der Waals surface area contributed by atoms with E-state index in [0.29, 0.717) is 11.9 Å². The summed E-state index contributed by atoms with van der Waals surface area (Å²) < 4.78 is 5.29. The number of nitrogens with two attached hydrogens (primary N) is 1. The third kappa shape index (κ3) is 2.67. The second kappa shape index (κ2) is 5.11. The SMILES string of the molecule is COc1cccc(N2C(N)=NCC2(C)CC(C)C)c1. The molecule has 1 aliphatic rings. The van der Waals surface area contributed by atoms with Gasteiger partial charge < -0.3 is 15.4 Å². The van der Waals surface area contributed by atoms with Gasteiger partial charge in [-0.15, -0.1) is 0 Å². The highest BCUT2D eigenvalue weighted by atomic mass is 16.5. The van der Waals surface area contributed by atoms with Gasteiger partial charge in [-0.05, 0) is 31.4 Å². The summed E-state index contributed by atoms with van der Waals surface area (Å²) in [5, 5.41) is 0. The van der Waals surface area contributed by atoms with Gasteiger partial charge in [0, 0.05) is 11.8 Å². The number of ether oxygens (including phenoxy) is 1. The number of nitrogens with zero attached hydrogens (tertiary/aromatic N) is 2. The smallest absolute Gasteiger partial charge is 0.196 e. The second-order valence-corrected chi connectivity index (χ2v) is 5.81. The fourth-order valence-corrected chi connectivity index (χ4v) is 2.90. The van der Waals surface area contributed by atoms with Crippen molar-refractivity contribution in [3.8, 4) is 5.75 Å². The van der Waals surface area contributed by atoms with Crippen LogP contribution in [0.1, 0.15) is 27.2 Å². The van der Waals surface area contributed by atoms with Crippen LogP contribution in [0.5, 0.6) is 5.75 Å². The van der Waals surface area contributed by atoms with Crippen LogP contribution in [0.2, 0.25) is 0 Å². The van der Waals surface area contributed by atoms with Crippen LogP contribution >= 0.6 is 0 Å². The molecule has 0 fully saturated rings. The summed E-state index contributed by atoms with van der Waals surface area (Å²) in [5.74, 6) is 2.03. The van der Waals surface area contributed by atoms with Crippen LogP contribution in [0, 0.1) is 5.92 Å². The molecule has 0 aliphatic carbocycles. The maximum atomic E-state index is 6.09. The van der Waals surface area contributed by atoms with Gasteiger partial charge in [0.25, 0.3) is 0 Å². The molecule has 104 valence electrons. The van der Waals surface area contributed by atoms with Crippen LogP contribution in [0.4, 0.5) is 5.69 Å². The van der Waals surface area contributed by atoms with E-state index in [2.05, 4.69) is 36.7 Å². The average molecular weight is 261 g/mol. The van der Waals surface area contributed by atoms with E-state index < -0.39 is 0 Å². The van der Waals surface area contributed by atoms with Gasteiger partial charge in [0.05, 0.1) is 19.2 Å². The number of rotatable bonds is 4. The lowest BCUT2D eigenvalue weighted by atomic mass is 9.89. The Balaban J connectivity index is 2.35. The molecule has 19 heavy (non-hydrogen) atoms. The quantitative estimate of drug-likeness (QED) is 0.906. The van der Waals surface area contributed by atoms with Gasteiger partial charge in [-0.1, -0.05) is 19.9 Å². The van der Waals surface area contributed by atoms with E-state index in [1.165, 1.54) is 0 Å². The Morgan fingerprint density at radius 1 is 1.47 bits per heavy atom. The lowest BCUT2D eigenvalue weighted by Crippen LogP contribution is -2.50. The minimum atomic E-state index is -0.0510. The first-order valence-corrected chi connectivity index (χ1v) is 6.70. The highest BCUT2D eigenvalue weighted by Gasteiger charge is 2.39. The highest BCUT2D eigenvalue weighted by Crippen LogP contribution is 2.34. The van der Waals surface area contributed by atoms with Gasteiger partial charge in [0.1, 0.15) is 5.75 Å². The molecule has 4 nitrogen and oxygen atoms in total. The van der Waals surface area contributed by atoms with Crippen molar-refractivity contribution in [2.45, 2.75) is 32.7 Å². The van der Waals surface area contributed by atoms with E-state index in [0.717, 1.165) is 24.4 Å². The monoisotopic (exact) mass is 261 g/mol.